The van der Waals surface area contributed by atoms with Gasteiger partial charge in [-0.2, -0.15) is 0 Å². The zero-order chi connectivity index (χ0) is 29.5. The highest BCUT2D eigenvalue weighted by atomic mass is 14.7. The summed E-state index contributed by atoms with van der Waals surface area (Å²) in [4.78, 5) is 4.94. The molecule has 0 atom stereocenters. The van der Waals surface area contributed by atoms with Crippen LogP contribution < -0.4 is 0 Å². The molecule has 0 amide bonds. The van der Waals surface area contributed by atoms with Crippen LogP contribution in [-0.4, -0.2) is 4.98 Å². The van der Waals surface area contributed by atoms with E-state index in [4.69, 9.17) is 4.98 Å². The molecule has 0 aliphatic heterocycles. The van der Waals surface area contributed by atoms with Gasteiger partial charge in [0.05, 0.1) is 16.6 Å². The third kappa shape index (κ3) is 3.25. The number of rotatable bonds is 2. The molecule has 0 saturated carbocycles. The Kier molecular flexibility index (Phi) is 4.99. The summed E-state index contributed by atoms with van der Waals surface area (Å²) in [6.07, 6.45) is 0. The average molecular weight is 570 g/mol. The van der Waals surface area contributed by atoms with Crippen molar-refractivity contribution in [3.8, 4) is 44.6 Å². The Labute approximate surface area is 262 Å². The van der Waals surface area contributed by atoms with Gasteiger partial charge in [0.1, 0.15) is 0 Å². The van der Waals surface area contributed by atoms with Gasteiger partial charge in [-0.25, -0.2) is 4.98 Å². The maximum absolute atomic E-state index is 4.94. The molecule has 1 heterocycles. The minimum Gasteiger partial charge on any atom is -0.248 e. The zero-order valence-corrected chi connectivity index (χ0v) is 24.5. The molecule has 1 nitrogen and oxygen atoms in total. The number of hydrogen-bond donors (Lipinski definition) is 0. The molecule has 0 radical (unpaired) electrons. The molecule has 0 N–H and O–H groups in total. The maximum atomic E-state index is 4.94. The average Bonchev–Trinajstić information content (AvgIpc) is 3.41. The fourth-order valence-corrected chi connectivity index (χ4v) is 8.25. The van der Waals surface area contributed by atoms with E-state index in [1.54, 1.807) is 0 Å². The van der Waals surface area contributed by atoms with Crippen LogP contribution in [-0.2, 0) is 5.41 Å². The Morgan fingerprint density at radius 1 is 0.356 bits per heavy atom. The normalized spacial score (nSPS) is 13.5. The Morgan fingerprint density at radius 3 is 1.62 bits per heavy atom. The molecule has 2 aliphatic carbocycles. The van der Waals surface area contributed by atoms with Crippen molar-refractivity contribution in [2.45, 2.75) is 5.41 Å². The molecule has 7 aromatic carbocycles. The second-order valence-corrected chi connectivity index (χ2v) is 12.2. The van der Waals surface area contributed by atoms with Gasteiger partial charge >= 0.3 is 0 Å². The number of benzene rings is 7. The van der Waals surface area contributed by atoms with Gasteiger partial charge in [0.15, 0.2) is 0 Å². The van der Waals surface area contributed by atoms with Crippen LogP contribution in [0.5, 0.6) is 0 Å². The van der Waals surface area contributed by atoms with E-state index in [1.165, 1.54) is 66.4 Å². The quantitative estimate of drug-likeness (QED) is 0.202. The predicted molar refractivity (Wildman–Crippen MR) is 186 cm³/mol. The van der Waals surface area contributed by atoms with E-state index in [9.17, 15) is 0 Å². The van der Waals surface area contributed by atoms with Crippen molar-refractivity contribution >= 4 is 21.7 Å². The summed E-state index contributed by atoms with van der Waals surface area (Å²) in [5.74, 6) is 0. The number of nitrogens with zero attached hydrogens (tertiary/aromatic N) is 1. The van der Waals surface area contributed by atoms with Crippen LogP contribution in [0, 0.1) is 0 Å². The van der Waals surface area contributed by atoms with E-state index >= 15 is 0 Å². The predicted octanol–water partition coefficient (Wildman–Crippen LogP) is 11.1. The summed E-state index contributed by atoms with van der Waals surface area (Å²) in [6.45, 7) is 0. The summed E-state index contributed by atoms with van der Waals surface area (Å²) < 4.78 is 0. The van der Waals surface area contributed by atoms with Gasteiger partial charge in [-0.15, -0.1) is 0 Å². The molecule has 0 unspecified atom stereocenters. The van der Waals surface area contributed by atoms with Gasteiger partial charge in [0.25, 0.3) is 0 Å². The Balaban J connectivity index is 1.21. The van der Waals surface area contributed by atoms with Crippen molar-refractivity contribution in [2.24, 2.45) is 0 Å². The van der Waals surface area contributed by atoms with Gasteiger partial charge < -0.3 is 0 Å². The minimum atomic E-state index is -0.374. The van der Waals surface area contributed by atoms with Gasteiger partial charge in [-0.1, -0.05) is 152 Å². The maximum Gasteiger partial charge on any atom is 0.0725 e. The third-order valence-corrected chi connectivity index (χ3v) is 10.1. The first-order valence-corrected chi connectivity index (χ1v) is 15.6. The third-order valence-electron chi connectivity index (χ3n) is 10.1. The van der Waals surface area contributed by atoms with Crippen LogP contribution in [0.1, 0.15) is 22.3 Å². The van der Waals surface area contributed by atoms with E-state index in [1.807, 2.05) is 6.07 Å². The van der Waals surface area contributed by atoms with Gasteiger partial charge in [0, 0.05) is 10.9 Å². The Bertz CT molecular complexity index is 2440. The van der Waals surface area contributed by atoms with Crippen molar-refractivity contribution in [3.63, 3.8) is 0 Å². The summed E-state index contributed by atoms with van der Waals surface area (Å²) in [6, 6.07) is 60.2. The first-order valence-electron chi connectivity index (χ1n) is 15.6. The molecule has 2 aliphatic rings. The second-order valence-electron chi connectivity index (χ2n) is 12.2. The highest BCUT2D eigenvalue weighted by molar-refractivity contribution is 6.11. The summed E-state index contributed by atoms with van der Waals surface area (Å²) in [7, 11) is 0. The minimum absolute atomic E-state index is 0.374. The van der Waals surface area contributed by atoms with Crippen molar-refractivity contribution in [1.82, 2.24) is 4.98 Å². The topological polar surface area (TPSA) is 12.9 Å². The molecule has 8 aromatic rings. The van der Waals surface area contributed by atoms with Crippen molar-refractivity contribution in [2.75, 3.05) is 0 Å². The van der Waals surface area contributed by atoms with Crippen LogP contribution in [0.2, 0.25) is 0 Å². The molecule has 208 valence electrons. The van der Waals surface area contributed by atoms with Crippen LogP contribution in [0.3, 0.4) is 0 Å². The van der Waals surface area contributed by atoms with E-state index < -0.39 is 0 Å². The molecule has 1 spiro atoms. The fourth-order valence-electron chi connectivity index (χ4n) is 8.25. The van der Waals surface area contributed by atoms with Gasteiger partial charge in [0.2, 0.25) is 0 Å². The van der Waals surface area contributed by atoms with Gasteiger partial charge in [-0.3, -0.25) is 0 Å². The Hall–Kier alpha value is -5.79. The van der Waals surface area contributed by atoms with Gasteiger partial charge in [-0.05, 0) is 78.5 Å². The smallest absolute Gasteiger partial charge is 0.0725 e. The first-order chi connectivity index (χ1) is 22.3. The number of hydrogen-bond acceptors (Lipinski definition) is 1. The summed E-state index contributed by atoms with van der Waals surface area (Å²) in [5.41, 5.74) is 16.0. The number of aromatic nitrogens is 1. The van der Waals surface area contributed by atoms with E-state index in [0.717, 1.165) is 22.2 Å². The largest absolute Gasteiger partial charge is 0.248 e. The zero-order valence-electron chi connectivity index (χ0n) is 24.5. The lowest BCUT2D eigenvalue weighted by molar-refractivity contribution is 0.773. The number of fused-ring (bicyclic) bond motifs is 10. The van der Waals surface area contributed by atoms with Crippen LogP contribution >= 0.6 is 0 Å². The molecule has 1 heteroatoms. The molecule has 1 aromatic heterocycles. The molecule has 0 saturated heterocycles. The van der Waals surface area contributed by atoms with E-state index in [-0.39, 0.29) is 5.41 Å². The number of para-hydroxylation sites is 1. The van der Waals surface area contributed by atoms with Crippen molar-refractivity contribution in [1.29, 1.82) is 0 Å². The molecular formula is C44H27N. The lowest BCUT2D eigenvalue weighted by Gasteiger charge is -2.40. The van der Waals surface area contributed by atoms with Crippen LogP contribution in [0.4, 0.5) is 0 Å². The molecule has 0 fully saturated rings. The van der Waals surface area contributed by atoms with Crippen LogP contribution in [0.25, 0.3) is 66.3 Å². The standard InChI is InChI=1S/C44H27N/c1-8-19-41-29(10-1)24-27-42(45-41)30-22-20-28(21-23-30)31-25-26-36-34-13-4-7-17-39(34)44(40-18-9-14-35(31)43(36)40)37-15-5-2-11-32(37)33-12-3-6-16-38(33)44/h1-27H. The Morgan fingerprint density at radius 2 is 0.911 bits per heavy atom. The molecular weight excluding hydrogens is 542 g/mol. The van der Waals surface area contributed by atoms with E-state index in [2.05, 4.69) is 158 Å². The molecule has 0 bridgehead atoms. The van der Waals surface area contributed by atoms with Crippen molar-refractivity contribution < 1.29 is 0 Å². The highest BCUT2D eigenvalue weighted by Gasteiger charge is 2.49. The van der Waals surface area contributed by atoms with Crippen LogP contribution in [0.15, 0.2) is 164 Å². The monoisotopic (exact) mass is 569 g/mol. The summed E-state index contributed by atoms with van der Waals surface area (Å²) in [5, 5.41) is 3.80. The SMILES string of the molecule is c1ccc2c(c1)-c1ccccc1C21c2ccccc2-c2ccc(-c3ccc(-c4ccc5ccccc5n4)cc3)c3cccc1c23. The lowest BCUT2D eigenvalue weighted by atomic mass is 9.61. The summed E-state index contributed by atoms with van der Waals surface area (Å²) >= 11 is 0. The number of pyridine rings is 1. The highest BCUT2D eigenvalue weighted by Crippen LogP contribution is 2.62. The second kappa shape index (κ2) is 9.11. The van der Waals surface area contributed by atoms with Crippen molar-refractivity contribution in [3.05, 3.63) is 186 Å². The van der Waals surface area contributed by atoms with E-state index in [0.29, 0.717) is 0 Å². The molecule has 45 heavy (non-hydrogen) atoms. The first kappa shape index (κ1) is 24.6. The molecule has 10 rings (SSSR count). The fraction of sp³-hybridized carbons (Fsp3) is 0.0227. The lowest BCUT2D eigenvalue weighted by Crippen LogP contribution is -2.31.